The van der Waals surface area contributed by atoms with Crippen LogP contribution in [0.2, 0.25) is 0 Å². The maximum Gasteiger partial charge on any atom is 0.0635 e. The van der Waals surface area contributed by atoms with Crippen molar-refractivity contribution >= 4 is 21.6 Å². The van der Waals surface area contributed by atoms with Crippen molar-refractivity contribution in [3.63, 3.8) is 0 Å². The zero-order chi connectivity index (χ0) is 6.10. The van der Waals surface area contributed by atoms with E-state index in [9.17, 15) is 0 Å². The van der Waals surface area contributed by atoms with E-state index in [1.54, 1.807) is 6.20 Å². The molecule has 0 aliphatic heterocycles. The third-order valence-corrected chi connectivity index (χ3v) is 1.84. The van der Waals surface area contributed by atoms with Crippen molar-refractivity contribution in [3.05, 3.63) is 30.5 Å². The van der Waals surface area contributed by atoms with Crippen molar-refractivity contribution in [2.75, 3.05) is 0 Å². The van der Waals surface area contributed by atoms with E-state index in [4.69, 9.17) is 0 Å². The van der Waals surface area contributed by atoms with Crippen molar-refractivity contribution < 1.29 is 0 Å². The molecule has 0 bridgehead atoms. The molecule has 42 valence electrons. The average Bonchev–Trinajstić information content (AvgIpc) is 2.33. The molecule has 1 aromatic carbocycles. The van der Waals surface area contributed by atoms with Gasteiger partial charge in [-0.15, -0.1) is 0 Å². The highest BCUT2D eigenvalue weighted by molar-refractivity contribution is 7.13. The highest BCUT2D eigenvalue weighted by Gasteiger charge is 1.90. The van der Waals surface area contributed by atoms with Crippen molar-refractivity contribution in [1.29, 1.82) is 0 Å². The highest BCUT2D eigenvalue weighted by atomic mass is 32.1. The van der Waals surface area contributed by atoms with Gasteiger partial charge in [0.15, 0.2) is 0 Å². The molecule has 0 amide bonds. The van der Waals surface area contributed by atoms with Crippen LogP contribution in [0.1, 0.15) is 0 Å². The molecule has 1 heterocycles. The monoisotopic (exact) mass is 133 g/mol. The first kappa shape index (κ1) is 4.94. The van der Waals surface area contributed by atoms with Crippen molar-refractivity contribution in [3.8, 4) is 0 Å². The van der Waals surface area contributed by atoms with Crippen molar-refractivity contribution in [2.24, 2.45) is 0 Å². The Hall–Kier alpha value is -0.890. The zero-order valence-electron chi connectivity index (χ0n) is 4.59. The molecule has 0 unspecified atom stereocenters. The summed E-state index contributed by atoms with van der Waals surface area (Å²) in [6.07, 6.45) is 1.80. The number of hydrogen-bond donors (Lipinski definition) is 0. The molecule has 0 aliphatic carbocycles. The largest absolute Gasteiger partial charge is 0.200 e. The summed E-state index contributed by atoms with van der Waals surface area (Å²) >= 11 is 1.45. The summed E-state index contributed by atoms with van der Waals surface area (Å²) in [7, 11) is 0. The lowest BCUT2D eigenvalue weighted by molar-refractivity contribution is 1.60. The Balaban J connectivity index is 2.95. The van der Waals surface area contributed by atoms with Crippen LogP contribution in [0.15, 0.2) is 18.3 Å². The number of rotatable bonds is 0. The second kappa shape index (κ2) is 1.81. The number of fused-ring (bicyclic) bond motifs is 1. The standard InChI is InChI=1S/C7H3NS/c1-2-4-7-6(3-1)5-8-9-7/h1-2,5H. The molecule has 0 aliphatic rings. The Kier molecular flexibility index (Phi) is 0.993. The van der Waals surface area contributed by atoms with Gasteiger partial charge in [0.1, 0.15) is 0 Å². The van der Waals surface area contributed by atoms with E-state index in [2.05, 4.69) is 16.5 Å². The Bertz CT molecular complexity index is 283. The summed E-state index contributed by atoms with van der Waals surface area (Å²) in [4.78, 5) is 0. The van der Waals surface area contributed by atoms with Crippen LogP contribution in [0, 0.1) is 12.1 Å². The number of aromatic nitrogens is 1. The van der Waals surface area contributed by atoms with Gasteiger partial charge in [-0.25, -0.2) is 0 Å². The van der Waals surface area contributed by atoms with E-state index in [0.29, 0.717) is 0 Å². The molecule has 1 aromatic heterocycles. The molecule has 2 aromatic rings. The number of nitrogens with zero attached hydrogens (tertiary/aromatic N) is 1. The predicted molar refractivity (Wildman–Crippen MR) is 37.3 cm³/mol. The molecule has 0 spiro atoms. The first-order valence-corrected chi connectivity index (χ1v) is 3.37. The third-order valence-electron chi connectivity index (χ3n) is 1.11. The Morgan fingerprint density at radius 3 is 3.11 bits per heavy atom. The van der Waals surface area contributed by atoms with Gasteiger partial charge in [0.05, 0.1) is 4.70 Å². The van der Waals surface area contributed by atoms with Crippen LogP contribution >= 0.6 is 11.5 Å². The van der Waals surface area contributed by atoms with Crippen molar-refractivity contribution in [1.82, 2.24) is 4.37 Å². The molecular formula is C7H3NS. The second-order valence-electron chi connectivity index (χ2n) is 1.69. The average molecular weight is 133 g/mol. The summed E-state index contributed by atoms with van der Waals surface area (Å²) in [5.74, 6) is 0. The minimum Gasteiger partial charge on any atom is -0.200 e. The third kappa shape index (κ3) is 0.715. The molecular weight excluding hydrogens is 130 g/mol. The molecule has 1 nitrogen and oxygen atoms in total. The fourth-order valence-electron chi connectivity index (χ4n) is 0.695. The fraction of sp³-hybridized carbons (Fsp3) is 0. The summed E-state index contributed by atoms with van der Waals surface area (Å²) in [5, 5.41) is 1.06. The summed E-state index contributed by atoms with van der Waals surface area (Å²) in [6, 6.07) is 9.79. The van der Waals surface area contributed by atoms with Gasteiger partial charge >= 0.3 is 0 Å². The van der Waals surface area contributed by atoms with Crippen LogP contribution < -0.4 is 0 Å². The lowest BCUT2D eigenvalue weighted by atomic mass is 10.3. The van der Waals surface area contributed by atoms with Gasteiger partial charge in [-0.2, -0.15) is 4.37 Å². The topological polar surface area (TPSA) is 12.9 Å². The van der Waals surface area contributed by atoms with Gasteiger partial charge in [0.25, 0.3) is 0 Å². The maximum atomic E-state index is 3.98. The maximum absolute atomic E-state index is 3.98. The molecule has 2 radical (unpaired) electrons. The van der Waals surface area contributed by atoms with Crippen molar-refractivity contribution in [2.45, 2.75) is 0 Å². The van der Waals surface area contributed by atoms with Gasteiger partial charge in [0, 0.05) is 17.6 Å². The van der Waals surface area contributed by atoms with Crippen LogP contribution in [0.25, 0.3) is 10.1 Å². The van der Waals surface area contributed by atoms with Gasteiger partial charge < -0.3 is 0 Å². The summed E-state index contributed by atoms with van der Waals surface area (Å²) in [5.41, 5.74) is 0. The zero-order valence-corrected chi connectivity index (χ0v) is 5.40. The van der Waals surface area contributed by atoms with Gasteiger partial charge in [-0.1, -0.05) is 12.1 Å². The van der Waals surface area contributed by atoms with E-state index in [0.717, 1.165) is 10.1 Å². The summed E-state index contributed by atoms with van der Waals surface area (Å²) < 4.78 is 5.06. The minimum atomic E-state index is 1.06. The van der Waals surface area contributed by atoms with Crippen LogP contribution in [0.3, 0.4) is 0 Å². The molecule has 0 fully saturated rings. The van der Waals surface area contributed by atoms with E-state index >= 15 is 0 Å². The van der Waals surface area contributed by atoms with Crippen LogP contribution in [0.4, 0.5) is 0 Å². The Morgan fingerprint density at radius 2 is 2.22 bits per heavy atom. The minimum absolute atomic E-state index is 1.06. The predicted octanol–water partition coefficient (Wildman–Crippen LogP) is 1.90. The van der Waals surface area contributed by atoms with E-state index in [1.165, 1.54) is 11.5 Å². The van der Waals surface area contributed by atoms with E-state index in [1.807, 2.05) is 12.1 Å². The quantitative estimate of drug-likeness (QED) is 0.534. The Labute approximate surface area is 57.1 Å². The smallest absolute Gasteiger partial charge is 0.0635 e. The Morgan fingerprint density at radius 1 is 1.33 bits per heavy atom. The molecule has 0 saturated heterocycles. The van der Waals surface area contributed by atoms with Crippen LogP contribution in [-0.4, -0.2) is 4.37 Å². The molecule has 2 heteroatoms. The molecule has 9 heavy (non-hydrogen) atoms. The molecule has 0 saturated carbocycles. The second-order valence-corrected chi connectivity index (χ2v) is 2.49. The van der Waals surface area contributed by atoms with Gasteiger partial charge in [-0.3, -0.25) is 0 Å². The first-order chi connectivity index (χ1) is 4.47. The van der Waals surface area contributed by atoms with Gasteiger partial charge in [-0.05, 0) is 17.6 Å². The fourth-order valence-corrected chi connectivity index (χ4v) is 1.29. The lowest BCUT2D eigenvalue weighted by Crippen LogP contribution is -1.58. The normalized spacial score (nSPS) is 10.2. The number of hydrogen-bond acceptors (Lipinski definition) is 2. The van der Waals surface area contributed by atoms with Crippen LogP contribution in [-0.2, 0) is 0 Å². The van der Waals surface area contributed by atoms with Crippen LogP contribution in [0.5, 0.6) is 0 Å². The van der Waals surface area contributed by atoms with E-state index in [-0.39, 0.29) is 0 Å². The highest BCUT2D eigenvalue weighted by Crippen LogP contribution is 2.14. The molecule has 0 atom stereocenters. The molecule has 0 N–H and O–H groups in total. The summed E-state index contributed by atoms with van der Waals surface area (Å²) in [6.45, 7) is 0. The first-order valence-electron chi connectivity index (χ1n) is 2.59. The van der Waals surface area contributed by atoms with Gasteiger partial charge in [0.2, 0.25) is 0 Å². The molecule has 2 rings (SSSR count). The number of benzene rings is 1. The SMILES string of the molecule is [c]1cc[c]c2sncc12. The lowest BCUT2D eigenvalue weighted by Gasteiger charge is -1.78. The van der Waals surface area contributed by atoms with E-state index < -0.39 is 0 Å².